The molecule has 5 rings (SSSR count). The van der Waals surface area contributed by atoms with Gasteiger partial charge in [0.15, 0.2) is 0 Å². The predicted octanol–water partition coefficient (Wildman–Crippen LogP) is 5.02. The van der Waals surface area contributed by atoms with Gasteiger partial charge in [0.2, 0.25) is 0 Å². The van der Waals surface area contributed by atoms with E-state index in [1.54, 1.807) is 0 Å². The zero-order valence-corrected chi connectivity index (χ0v) is 17.1. The number of rotatable bonds is 1. The molecule has 28 heavy (non-hydrogen) atoms. The van der Waals surface area contributed by atoms with E-state index in [0.717, 1.165) is 36.1 Å². The number of likely N-dealkylation sites (N-methyl/N-ethyl adjacent to an activating group) is 1. The van der Waals surface area contributed by atoms with Crippen LogP contribution >= 0.6 is 12.4 Å². The molecule has 2 aliphatic heterocycles. The quantitative estimate of drug-likeness (QED) is 0.580. The Labute approximate surface area is 172 Å². The fourth-order valence-electron chi connectivity index (χ4n) is 4.81. The second-order valence-electron chi connectivity index (χ2n) is 8.02. The highest BCUT2D eigenvalue weighted by Gasteiger charge is 2.44. The molecule has 0 radical (unpaired) electrons. The van der Waals surface area contributed by atoms with Crippen molar-refractivity contribution in [3.05, 3.63) is 77.4 Å². The minimum atomic E-state index is 0. The maximum Gasteiger partial charge on any atom is 0.258 e. The van der Waals surface area contributed by atoms with Gasteiger partial charge >= 0.3 is 0 Å². The number of benzene rings is 3. The Morgan fingerprint density at radius 1 is 1.00 bits per heavy atom. The zero-order chi connectivity index (χ0) is 18.5. The Bertz CT molecular complexity index is 1050. The molecule has 0 aliphatic carbocycles. The number of likely N-dealkylation sites (tertiary alicyclic amines) is 1. The van der Waals surface area contributed by atoms with E-state index in [4.69, 9.17) is 0 Å². The van der Waals surface area contributed by atoms with Crippen molar-refractivity contribution in [3.63, 3.8) is 0 Å². The smallest absolute Gasteiger partial charge is 0.258 e. The standard InChI is InChI=1S/C24H24N2O.ClH/c1-16-7-10-22-20(13-16)21-15-25(2)12-11-23(21)26(22)24(27)19-9-8-17-5-3-4-6-18(17)14-19;/h3-10,13-14,21,23H,11-12,15H2,1-2H3;1H/t21-,23-;/m1./s1. The number of halogens is 1. The van der Waals surface area contributed by atoms with Crippen LogP contribution in [-0.2, 0) is 0 Å². The van der Waals surface area contributed by atoms with Crippen LogP contribution in [0.1, 0.15) is 33.8 Å². The Hall–Kier alpha value is -2.36. The monoisotopic (exact) mass is 392 g/mol. The molecule has 1 saturated heterocycles. The number of anilines is 1. The van der Waals surface area contributed by atoms with Crippen LogP contribution in [0.3, 0.4) is 0 Å². The normalized spacial score (nSPS) is 21.1. The van der Waals surface area contributed by atoms with Crippen molar-refractivity contribution in [1.82, 2.24) is 4.90 Å². The van der Waals surface area contributed by atoms with Crippen LogP contribution in [0.15, 0.2) is 60.7 Å². The Morgan fingerprint density at radius 2 is 1.79 bits per heavy atom. The molecule has 1 amide bonds. The number of nitrogens with zero attached hydrogens (tertiary/aromatic N) is 2. The van der Waals surface area contributed by atoms with E-state index < -0.39 is 0 Å². The molecule has 0 unspecified atom stereocenters. The molecule has 3 nitrogen and oxygen atoms in total. The highest BCUT2D eigenvalue weighted by molar-refractivity contribution is 6.09. The van der Waals surface area contributed by atoms with Gasteiger partial charge in [-0.1, -0.05) is 48.0 Å². The summed E-state index contributed by atoms with van der Waals surface area (Å²) in [5.74, 6) is 0.533. The van der Waals surface area contributed by atoms with Crippen molar-refractivity contribution in [3.8, 4) is 0 Å². The van der Waals surface area contributed by atoms with E-state index in [-0.39, 0.29) is 24.4 Å². The lowest BCUT2D eigenvalue weighted by Crippen LogP contribution is -2.47. The zero-order valence-electron chi connectivity index (χ0n) is 16.3. The number of piperidine rings is 1. The minimum absolute atomic E-state index is 0. The second kappa shape index (κ2) is 7.23. The molecule has 0 aromatic heterocycles. The minimum Gasteiger partial charge on any atom is -0.306 e. The molecule has 0 spiro atoms. The Balaban J connectivity index is 0.00000192. The van der Waals surface area contributed by atoms with E-state index in [0.29, 0.717) is 5.92 Å². The molecular weight excluding hydrogens is 368 g/mol. The topological polar surface area (TPSA) is 23.6 Å². The molecule has 4 heteroatoms. The van der Waals surface area contributed by atoms with Crippen LogP contribution < -0.4 is 4.90 Å². The molecule has 144 valence electrons. The lowest BCUT2D eigenvalue weighted by molar-refractivity contribution is 0.0965. The van der Waals surface area contributed by atoms with Crippen molar-refractivity contribution >= 4 is 34.8 Å². The van der Waals surface area contributed by atoms with Crippen molar-refractivity contribution in [2.45, 2.75) is 25.3 Å². The van der Waals surface area contributed by atoms with Crippen LogP contribution in [0.25, 0.3) is 10.8 Å². The van der Waals surface area contributed by atoms with Gasteiger partial charge < -0.3 is 9.80 Å². The van der Waals surface area contributed by atoms with Crippen molar-refractivity contribution < 1.29 is 4.79 Å². The van der Waals surface area contributed by atoms with E-state index in [9.17, 15) is 4.79 Å². The summed E-state index contributed by atoms with van der Waals surface area (Å²) in [6, 6.07) is 21.1. The molecule has 0 N–H and O–H groups in total. The molecular formula is C24H25ClN2O. The number of carbonyl (C=O) groups excluding carboxylic acids is 1. The summed E-state index contributed by atoms with van der Waals surface area (Å²) in [5.41, 5.74) is 4.48. The molecule has 2 aliphatic rings. The van der Waals surface area contributed by atoms with Crippen LogP contribution in [0.5, 0.6) is 0 Å². The summed E-state index contributed by atoms with van der Waals surface area (Å²) in [6.45, 7) is 4.19. The summed E-state index contributed by atoms with van der Waals surface area (Å²) in [5, 5.41) is 2.29. The molecule has 3 aromatic rings. The number of hydrogen-bond donors (Lipinski definition) is 0. The van der Waals surface area contributed by atoms with Crippen LogP contribution in [0, 0.1) is 6.92 Å². The number of amides is 1. The van der Waals surface area contributed by atoms with Gasteiger partial charge in [0.1, 0.15) is 0 Å². The van der Waals surface area contributed by atoms with Crippen molar-refractivity contribution in [2.24, 2.45) is 0 Å². The van der Waals surface area contributed by atoms with E-state index in [1.807, 2.05) is 24.3 Å². The molecule has 1 fully saturated rings. The average molecular weight is 393 g/mol. The number of aryl methyl sites for hydroxylation is 1. The van der Waals surface area contributed by atoms with Crippen molar-refractivity contribution in [1.29, 1.82) is 0 Å². The van der Waals surface area contributed by atoms with Crippen molar-refractivity contribution in [2.75, 3.05) is 25.0 Å². The highest BCUT2D eigenvalue weighted by Crippen LogP contribution is 2.45. The van der Waals surface area contributed by atoms with Crippen LogP contribution in [0.4, 0.5) is 5.69 Å². The maximum atomic E-state index is 13.6. The van der Waals surface area contributed by atoms with E-state index >= 15 is 0 Å². The summed E-state index contributed by atoms with van der Waals surface area (Å²) < 4.78 is 0. The van der Waals surface area contributed by atoms with E-state index in [1.165, 1.54) is 16.5 Å². The average Bonchev–Trinajstić information content (AvgIpc) is 3.00. The fraction of sp³-hybridized carbons (Fsp3) is 0.292. The largest absolute Gasteiger partial charge is 0.306 e. The van der Waals surface area contributed by atoms with Gasteiger partial charge in [-0.05, 0) is 61.5 Å². The SMILES string of the molecule is Cc1ccc2c(c1)[C@H]1CN(C)CC[C@H]1N2C(=O)c1ccc2ccccc2c1.Cl. The van der Waals surface area contributed by atoms with Gasteiger partial charge in [-0.15, -0.1) is 12.4 Å². The number of fused-ring (bicyclic) bond motifs is 4. The first-order valence-corrected chi connectivity index (χ1v) is 9.73. The van der Waals surface area contributed by atoms with Gasteiger partial charge in [0.25, 0.3) is 5.91 Å². The van der Waals surface area contributed by atoms with Gasteiger partial charge in [-0.2, -0.15) is 0 Å². The molecule has 0 saturated carbocycles. The molecule has 2 heterocycles. The van der Waals surface area contributed by atoms with E-state index in [2.05, 4.69) is 60.2 Å². The van der Waals surface area contributed by atoms with Gasteiger partial charge in [-0.3, -0.25) is 4.79 Å². The third-order valence-corrected chi connectivity index (χ3v) is 6.17. The first-order chi connectivity index (χ1) is 13.1. The lowest BCUT2D eigenvalue weighted by atomic mass is 9.88. The number of hydrogen-bond acceptors (Lipinski definition) is 2. The van der Waals surface area contributed by atoms with Gasteiger partial charge in [0.05, 0.1) is 0 Å². The lowest BCUT2D eigenvalue weighted by Gasteiger charge is -2.36. The summed E-state index contributed by atoms with van der Waals surface area (Å²) >= 11 is 0. The molecule has 2 atom stereocenters. The third kappa shape index (κ3) is 2.99. The molecule has 3 aromatic carbocycles. The maximum absolute atomic E-state index is 13.6. The van der Waals surface area contributed by atoms with Crippen LogP contribution in [-0.4, -0.2) is 37.0 Å². The van der Waals surface area contributed by atoms with Gasteiger partial charge in [-0.25, -0.2) is 0 Å². The summed E-state index contributed by atoms with van der Waals surface area (Å²) in [4.78, 5) is 18.1. The third-order valence-electron chi connectivity index (χ3n) is 6.17. The second-order valence-corrected chi connectivity index (χ2v) is 8.02. The summed E-state index contributed by atoms with van der Waals surface area (Å²) in [7, 11) is 2.18. The fourth-order valence-corrected chi connectivity index (χ4v) is 4.81. The Kier molecular flexibility index (Phi) is 4.90. The molecule has 0 bridgehead atoms. The predicted molar refractivity (Wildman–Crippen MR) is 118 cm³/mol. The highest BCUT2D eigenvalue weighted by atomic mass is 35.5. The number of carbonyl (C=O) groups is 1. The summed E-state index contributed by atoms with van der Waals surface area (Å²) in [6.07, 6.45) is 1.02. The first kappa shape index (κ1) is 19.0. The van der Waals surface area contributed by atoms with Gasteiger partial charge in [0, 0.05) is 29.8 Å². The van der Waals surface area contributed by atoms with Crippen LogP contribution in [0.2, 0.25) is 0 Å². The Morgan fingerprint density at radius 3 is 2.61 bits per heavy atom. The first-order valence-electron chi connectivity index (χ1n) is 9.73.